The zero-order valence-corrected chi connectivity index (χ0v) is 18.5. The summed E-state index contributed by atoms with van der Waals surface area (Å²) in [5.41, 5.74) is 2.17. The minimum Gasteiger partial charge on any atom is -0.490 e. The summed E-state index contributed by atoms with van der Waals surface area (Å²) in [7, 11) is -3.72. The van der Waals surface area contributed by atoms with Crippen molar-refractivity contribution in [2.45, 2.75) is 38.2 Å². The number of nitrogens with two attached hydrogens (primary N) is 1. The number of rotatable bonds is 7. The molecule has 0 atom stereocenters. The molecule has 158 valence electrons. The summed E-state index contributed by atoms with van der Waals surface area (Å²) in [4.78, 5) is 18.2. The van der Waals surface area contributed by atoms with Gasteiger partial charge in [0.1, 0.15) is 5.75 Å². The van der Waals surface area contributed by atoms with E-state index in [1.165, 1.54) is 23.5 Å². The summed E-state index contributed by atoms with van der Waals surface area (Å²) in [6.07, 6.45) is 0.519. The number of hydrogen-bond donors (Lipinski definition) is 2. The first kappa shape index (κ1) is 21.9. The predicted octanol–water partition coefficient (Wildman–Crippen LogP) is 3.73. The van der Waals surface area contributed by atoms with E-state index in [0.717, 1.165) is 16.1 Å². The van der Waals surface area contributed by atoms with Crippen molar-refractivity contribution in [3.05, 3.63) is 70.2 Å². The molecular weight excluding hydrogens is 422 g/mol. The SMILES string of the molecule is Cc1nc(NC(=O)c2ccccc2OC(C)C)sc1Cc1ccc(S(N)(=O)=O)cc1. The predicted molar refractivity (Wildman–Crippen MR) is 118 cm³/mol. The number of ether oxygens (including phenoxy) is 1. The van der Waals surface area contributed by atoms with E-state index >= 15 is 0 Å². The van der Waals surface area contributed by atoms with Gasteiger partial charge in [-0.05, 0) is 50.6 Å². The number of benzene rings is 2. The first-order valence-electron chi connectivity index (χ1n) is 9.28. The zero-order chi connectivity index (χ0) is 21.9. The van der Waals surface area contributed by atoms with Crippen LogP contribution < -0.4 is 15.2 Å². The molecule has 0 saturated heterocycles. The summed E-state index contributed by atoms with van der Waals surface area (Å²) in [6, 6.07) is 13.5. The number of aryl methyl sites for hydroxylation is 1. The van der Waals surface area contributed by atoms with Crippen molar-refractivity contribution in [3.8, 4) is 5.75 Å². The number of hydrogen-bond acceptors (Lipinski definition) is 6. The molecule has 1 heterocycles. The smallest absolute Gasteiger partial charge is 0.261 e. The summed E-state index contributed by atoms with van der Waals surface area (Å²) in [5.74, 6) is 0.234. The molecule has 0 aliphatic carbocycles. The maximum absolute atomic E-state index is 12.7. The molecule has 2 aromatic carbocycles. The number of para-hydroxylation sites is 1. The monoisotopic (exact) mass is 445 g/mol. The Hall–Kier alpha value is -2.75. The van der Waals surface area contributed by atoms with Gasteiger partial charge in [0, 0.05) is 11.3 Å². The van der Waals surface area contributed by atoms with E-state index in [4.69, 9.17) is 9.88 Å². The van der Waals surface area contributed by atoms with Gasteiger partial charge in [0.25, 0.3) is 5.91 Å². The molecule has 0 radical (unpaired) electrons. The lowest BCUT2D eigenvalue weighted by Gasteiger charge is -2.13. The molecule has 1 aromatic heterocycles. The highest BCUT2D eigenvalue weighted by Gasteiger charge is 2.16. The van der Waals surface area contributed by atoms with Crippen LogP contribution in [0, 0.1) is 6.92 Å². The third-order valence-electron chi connectivity index (χ3n) is 4.22. The van der Waals surface area contributed by atoms with Crippen LogP contribution in [0.1, 0.15) is 40.3 Å². The van der Waals surface area contributed by atoms with Crippen molar-refractivity contribution in [1.82, 2.24) is 4.98 Å². The Balaban J connectivity index is 1.75. The van der Waals surface area contributed by atoms with Crippen molar-refractivity contribution in [1.29, 1.82) is 0 Å². The summed E-state index contributed by atoms with van der Waals surface area (Å²) >= 11 is 1.38. The second-order valence-corrected chi connectivity index (χ2v) is 9.66. The Bertz CT molecular complexity index is 1150. The molecule has 9 heteroatoms. The minimum atomic E-state index is -3.72. The maximum atomic E-state index is 12.7. The Morgan fingerprint density at radius 2 is 1.83 bits per heavy atom. The Labute approximate surface area is 180 Å². The van der Waals surface area contributed by atoms with Crippen LogP contribution in [0.2, 0.25) is 0 Å². The molecule has 7 nitrogen and oxygen atoms in total. The zero-order valence-electron chi connectivity index (χ0n) is 16.9. The van der Waals surface area contributed by atoms with Crippen molar-refractivity contribution in [3.63, 3.8) is 0 Å². The molecule has 0 aliphatic rings. The fourth-order valence-electron chi connectivity index (χ4n) is 2.80. The standard InChI is InChI=1S/C21H23N3O4S2/c1-13(2)28-18-7-5-4-6-17(18)20(25)24-21-23-14(3)19(29-21)12-15-8-10-16(11-9-15)30(22,26)27/h4-11,13H,12H2,1-3H3,(H2,22,26,27)(H,23,24,25). The normalized spacial score (nSPS) is 11.5. The molecular formula is C21H23N3O4S2. The van der Waals surface area contributed by atoms with Crippen molar-refractivity contribution < 1.29 is 17.9 Å². The fraction of sp³-hybridized carbons (Fsp3) is 0.238. The highest BCUT2D eigenvalue weighted by atomic mass is 32.2. The van der Waals surface area contributed by atoms with Crippen LogP contribution in [-0.4, -0.2) is 25.4 Å². The average molecular weight is 446 g/mol. The molecule has 30 heavy (non-hydrogen) atoms. The van der Waals surface area contributed by atoms with Gasteiger partial charge in [-0.3, -0.25) is 10.1 Å². The summed E-state index contributed by atoms with van der Waals surface area (Å²) in [6.45, 7) is 5.68. The fourth-order valence-corrected chi connectivity index (χ4v) is 4.31. The minimum absolute atomic E-state index is 0.0479. The Morgan fingerprint density at radius 1 is 1.17 bits per heavy atom. The molecule has 0 aliphatic heterocycles. The van der Waals surface area contributed by atoms with Crippen LogP contribution in [-0.2, 0) is 16.4 Å². The topological polar surface area (TPSA) is 111 Å². The number of nitrogens with zero attached hydrogens (tertiary/aromatic N) is 1. The van der Waals surface area contributed by atoms with Crippen LogP contribution in [0.4, 0.5) is 5.13 Å². The third-order valence-corrected chi connectivity index (χ3v) is 6.23. The van der Waals surface area contributed by atoms with Gasteiger partial charge in [-0.1, -0.05) is 24.3 Å². The van der Waals surface area contributed by atoms with E-state index in [1.807, 2.05) is 26.8 Å². The van der Waals surface area contributed by atoms with Crippen LogP contribution in [0.3, 0.4) is 0 Å². The first-order valence-corrected chi connectivity index (χ1v) is 11.6. The second-order valence-electron chi connectivity index (χ2n) is 7.01. The lowest BCUT2D eigenvalue weighted by molar-refractivity contribution is 0.102. The number of thiazole rings is 1. The quantitative estimate of drug-likeness (QED) is 0.576. The van der Waals surface area contributed by atoms with E-state index < -0.39 is 10.0 Å². The number of nitrogens with one attached hydrogen (secondary N) is 1. The van der Waals surface area contributed by atoms with Gasteiger partial charge in [0.2, 0.25) is 10.0 Å². The molecule has 1 amide bonds. The van der Waals surface area contributed by atoms with Gasteiger partial charge in [0.15, 0.2) is 5.13 Å². The van der Waals surface area contributed by atoms with Crippen molar-refractivity contribution in [2.75, 3.05) is 5.32 Å². The lowest BCUT2D eigenvalue weighted by Crippen LogP contribution is -2.15. The molecule has 3 aromatic rings. The van der Waals surface area contributed by atoms with Gasteiger partial charge in [-0.25, -0.2) is 18.5 Å². The molecule has 0 fully saturated rings. The van der Waals surface area contributed by atoms with Gasteiger partial charge in [0.05, 0.1) is 22.3 Å². The Kier molecular flexibility index (Phi) is 6.55. The van der Waals surface area contributed by atoms with Crippen molar-refractivity contribution in [2.24, 2.45) is 5.14 Å². The average Bonchev–Trinajstić information content (AvgIpc) is 3.00. The van der Waals surface area contributed by atoms with E-state index in [1.54, 1.807) is 30.3 Å². The van der Waals surface area contributed by atoms with Gasteiger partial charge < -0.3 is 4.74 Å². The highest BCUT2D eigenvalue weighted by molar-refractivity contribution is 7.89. The third kappa shape index (κ3) is 5.44. The number of primary sulfonamides is 1. The summed E-state index contributed by atoms with van der Waals surface area (Å²) < 4.78 is 28.5. The molecule has 0 saturated carbocycles. The first-order chi connectivity index (χ1) is 14.1. The van der Waals surface area contributed by atoms with Crippen LogP contribution >= 0.6 is 11.3 Å². The highest BCUT2D eigenvalue weighted by Crippen LogP contribution is 2.27. The molecule has 0 bridgehead atoms. The van der Waals surface area contributed by atoms with E-state index in [-0.39, 0.29) is 16.9 Å². The van der Waals surface area contributed by atoms with E-state index in [9.17, 15) is 13.2 Å². The maximum Gasteiger partial charge on any atom is 0.261 e. The van der Waals surface area contributed by atoms with Gasteiger partial charge in [-0.15, -0.1) is 11.3 Å². The molecule has 3 N–H and O–H groups in total. The molecule has 3 rings (SSSR count). The molecule has 0 unspecified atom stereocenters. The van der Waals surface area contributed by atoms with Crippen molar-refractivity contribution >= 4 is 32.4 Å². The number of sulfonamides is 1. The lowest BCUT2D eigenvalue weighted by atomic mass is 10.1. The second kappa shape index (κ2) is 8.95. The van der Waals surface area contributed by atoms with Gasteiger partial charge >= 0.3 is 0 Å². The number of anilines is 1. The number of carbonyl (C=O) groups is 1. The number of carbonyl (C=O) groups excluding carboxylic acids is 1. The van der Waals surface area contributed by atoms with Crippen LogP contribution in [0.15, 0.2) is 53.4 Å². The molecule has 0 spiro atoms. The Morgan fingerprint density at radius 3 is 2.47 bits per heavy atom. The van der Waals surface area contributed by atoms with E-state index in [2.05, 4.69) is 10.3 Å². The number of amides is 1. The van der Waals surface area contributed by atoms with Crippen LogP contribution in [0.25, 0.3) is 0 Å². The van der Waals surface area contributed by atoms with Crippen LogP contribution in [0.5, 0.6) is 5.75 Å². The largest absolute Gasteiger partial charge is 0.490 e. The van der Waals surface area contributed by atoms with E-state index in [0.29, 0.717) is 22.9 Å². The van der Waals surface area contributed by atoms with Gasteiger partial charge in [-0.2, -0.15) is 0 Å². The summed E-state index contributed by atoms with van der Waals surface area (Å²) in [5, 5.41) is 8.47. The number of aromatic nitrogens is 1.